The normalized spacial score (nSPS) is 25.1. The molecule has 110 valence electrons. The molecule has 1 saturated carbocycles. The summed E-state index contributed by atoms with van der Waals surface area (Å²) in [6.07, 6.45) is 4.98. The van der Waals surface area contributed by atoms with Crippen molar-refractivity contribution in [3.05, 3.63) is 0 Å². The minimum absolute atomic E-state index is 0.0466. The molecule has 4 nitrogen and oxygen atoms in total. The lowest BCUT2D eigenvalue weighted by atomic mass is 9.80. The van der Waals surface area contributed by atoms with Crippen LogP contribution in [0.4, 0.5) is 0 Å². The van der Waals surface area contributed by atoms with Gasteiger partial charge in [0.25, 0.3) is 0 Å². The zero-order valence-corrected chi connectivity index (χ0v) is 12.3. The molecule has 0 aromatic rings. The third-order valence-electron chi connectivity index (χ3n) is 4.52. The predicted molar refractivity (Wildman–Crippen MR) is 74.8 cm³/mol. The first-order valence-corrected chi connectivity index (χ1v) is 7.52. The molecule has 0 spiro atoms. The SMILES string of the molecule is CCC(CC)C(C)NC(=O)C1CCCC(C(=O)O)C1. The molecule has 0 saturated heterocycles. The van der Waals surface area contributed by atoms with Crippen LogP contribution >= 0.6 is 0 Å². The van der Waals surface area contributed by atoms with Gasteiger partial charge in [0.1, 0.15) is 0 Å². The Morgan fingerprint density at radius 3 is 2.32 bits per heavy atom. The summed E-state index contributed by atoms with van der Waals surface area (Å²) in [4.78, 5) is 23.2. The maximum atomic E-state index is 12.2. The van der Waals surface area contributed by atoms with Crippen molar-refractivity contribution in [2.24, 2.45) is 17.8 Å². The summed E-state index contributed by atoms with van der Waals surface area (Å²) in [7, 11) is 0. The zero-order chi connectivity index (χ0) is 14.4. The summed E-state index contributed by atoms with van der Waals surface area (Å²) < 4.78 is 0. The Hall–Kier alpha value is -1.06. The second-order valence-corrected chi connectivity index (χ2v) is 5.77. The molecule has 1 amide bonds. The third-order valence-corrected chi connectivity index (χ3v) is 4.52. The Morgan fingerprint density at radius 2 is 1.79 bits per heavy atom. The van der Waals surface area contributed by atoms with E-state index >= 15 is 0 Å². The van der Waals surface area contributed by atoms with Crippen LogP contribution < -0.4 is 5.32 Å². The van der Waals surface area contributed by atoms with Crippen molar-refractivity contribution >= 4 is 11.9 Å². The van der Waals surface area contributed by atoms with Gasteiger partial charge >= 0.3 is 5.97 Å². The van der Waals surface area contributed by atoms with Gasteiger partial charge in [-0.2, -0.15) is 0 Å². The van der Waals surface area contributed by atoms with E-state index in [9.17, 15) is 9.59 Å². The number of hydrogen-bond donors (Lipinski definition) is 2. The van der Waals surface area contributed by atoms with E-state index in [2.05, 4.69) is 19.2 Å². The first-order valence-electron chi connectivity index (χ1n) is 7.52. The van der Waals surface area contributed by atoms with E-state index in [4.69, 9.17) is 5.11 Å². The number of rotatable bonds is 6. The molecule has 0 heterocycles. The monoisotopic (exact) mass is 269 g/mol. The number of carboxylic acid groups (broad SMARTS) is 1. The first-order chi connectivity index (χ1) is 8.99. The molecule has 3 unspecified atom stereocenters. The first kappa shape index (κ1) is 16.0. The summed E-state index contributed by atoms with van der Waals surface area (Å²) >= 11 is 0. The second kappa shape index (κ2) is 7.51. The molecule has 0 aromatic carbocycles. The fourth-order valence-electron chi connectivity index (χ4n) is 3.11. The van der Waals surface area contributed by atoms with E-state index in [0.717, 1.165) is 25.7 Å². The number of nitrogens with one attached hydrogen (secondary N) is 1. The Bertz CT molecular complexity index is 313. The van der Waals surface area contributed by atoms with Crippen LogP contribution in [0.1, 0.15) is 59.3 Å². The number of amides is 1. The van der Waals surface area contributed by atoms with Gasteiger partial charge in [0.15, 0.2) is 0 Å². The van der Waals surface area contributed by atoms with E-state index in [1.54, 1.807) is 0 Å². The molecular weight excluding hydrogens is 242 g/mol. The van der Waals surface area contributed by atoms with Crippen LogP contribution in [0.25, 0.3) is 0 Å². The second-order valence-electron chi connectivity index (χ2n) is 5.77. The summed E-state index contributed by atoms with van der Waals surface area (Å²) in [5, 5.41) is 12.1. The largest absolute Gasteiger partial charge is 0.481 e. The third kappa shape index (κ3) is 4.51. The van der Waals surface area contributed by atoms with Crippen LogP contribution in [0, 0.1) is 17.8 Å². The summed E-state index contributed by atoms with van der Waals surface area (Å²) in [5.74, 6) is -0.668. The van der Waals surface area contributed by atoms with Gasteiger partial charge in [0.05, 0.1) is 5.92 Å². The standard InChI is InChI=1S/C15H27NO3/c1-4-11(5-2)10(3)16-14(17)12-7-6-8-13(9-12)15(18)19/h10-13H,4-9H2,1-3H3,(H,16,17)(H,18,19). The molecule has 19 heavy (non-hydrogen) atoms. The molecule has 0 aromatic heterocycles. The Kier molecular flexibility index (Phi) is 6.32. The molecule has 1 aliphatic rings. The van der Waals surface area contributed by atoms with Crippen LogP contribution in [-0.2, 0) is 9.59 Å². The predicted octanol–water partition coefficient (Wildman–Crippen LogP) is 2.82. The van der Waals surface area contributed by atoms with E-state index < -0.39 is 5.97 Å². The van der Waals surface area contributed by atoms with Gasteiger partial charge in [-0.1, -0.05) is 33.1 Å². The van der Waals surface area contributed by atoms with Gasteiger partial charge in [-0.15, -0.1) is 0 Å². The molecule has 2 N–H and O–H groups in total. The molecule has 4 heteroatoms. The van der Waals surface area contributed by atoms with Gasteiger partial charge in [0.2, 0.25) is 5.91 Å². The van der Waals surface area contributed by atoms with E-state index in [1.165, 1.54) is 0 Å². The van der Waals surface area contributed by atoms with Crippen LogP contribution in [0.5, 0.6) is 0 Å². The molecule has 0 radical (unpaired) electrons. The fraction of sp³-hybridized carbons (Fsp3) is 0.867. The van der Waals surface area contributed by atoms with Gasteiger partial charge in [-0.3, -0.25) is 9.59 Å². The number of aliphatic carboxylic acids is 1. The molecule has 1 aliphatic carbocycles. The Labute approximate surface area is 116 Å². The van der Waals surface area contributed by atoms with Crippen molar-refractivity contribution < 1.29 is 14.7 Å². The van der Waals surface area contributed by atoms with Crippen molar-refractivity contribution in [1.29, 1.82) is 0 Å². The lowest BCUT2D eigenvalue weighted by Crippen LogP contribution is -2.42. The Balaban J connectivity index is 2.50. The van der Waals surface area contributed by atoms with Gasteiger partial charge in [-0.25, -0.2) is 0 Å². The minimum atomic E-state index is -0.759. The summed E-state index contributed by atoms with van der Waals surface area (Å²) in [5.41, 5.74) is 0. The van der Waals surface area contributed by atoms with E-state index in [0.29, 0.717) is 18.8 Å². The van der Waals surface area contributed by atoms with Crippen molar-refractivity contribution in [2.75, 3.05) is 0 Å². The average molecular weight is 269 g/mol. The van der Waals surface area contributed by atoms with Crippen molar-refractivity contribution in [3.8, 4) is 0 Å². The van der Waals surface area contributed by atoms with Gasteiger partial charge < -0.3 is 10.4 Å². The molecule has 0 aliphatic heterocycles. The molecule has 3 atom stereocenters. The fourth-order valence-corrected chi connectivity index (χ4v) is 3.11. The quantitative estimate of drug-likeness (QED) is 0.779. The van der Waals surface area contributed by atoms with Crippen LogP contribution in [0.15, 0.2) is 0 Å². The molecule has 1 rings (SSSR count). The highest BCUT2D eigenvalue weighted by atomic mass is 16.4. The maximum absolute atomic E-state index is 12.2. The summed E-state index contributed by atoms with van der Waals surface area (Å²) in [6, 6.07) is 0.174. The summed E-state index contributed by atoms with van der Waals surface area (Å²) in [6.45, 7) is 6.32. The minimum Gasteiger partial charge on any atom is -0.481 e. The Morgan fingerprint density at radius 1 is 1.21 bits per heavy atom. The lowest BCUT2D eigenvalue weighted by Gasteiger charge is -2.29. The number of carbonyl (C=O) groups excluding carboxylic acids is 1. The van der Waals surface area contributed by atoms with Crippen LogP contribution in [-0.4, -0.2) is 23.0 Å². The topological polar surface area (TPSA) is 66.4 Å². The van der Waals surface area contributed by atoms with Crippen molar-refractivity contribution in [2.45, 2.75) is 65.3 Å². The zero-order valence-electron chi connectivity index (χ0n) is 12.3. The van der Waals surface area contributed by atoms with Gasteiger partial charge in [-0.05, 0) is 32.1 Å². The lowest BCUT2D eigenvalue weighted by molar-refractivity contribution is -0.144. The van der Waals surface area contributed by atoms with E-state index in [1.807, 2.05) is 6.92 Å². The average Bonchev–Trinajstić information content (AvgIpc) is 2.40. The molecule has 1 fully saturated rings. The van der Waals surface area contributed by atoms with Crippen molar-refractivity contribution in [3.63, 3.8) is 0 Å². The van der Waals surface area contributed by atoms with Gasteiger partial charge in [0, 0.05) is 12.0 Å². The number of carbonyl (C=O) groups is 2. The number of carboxylic acids is 1. The maximum Gasteiger partial charge on any atom is 0.306 e. The highest BCUT2D eigenvalue weighted by Gasteiger charge is 2.31. The van der Waals surface area contributed by atoms with E-state index in [-0.39, 0.29) is 23.8 Å². The number of hydrogen-bond acceptors (Lipinski definition) is 2. The van der Waals surface area contributed by atoms with Crippen molar-refractivity contribution in [1.82, 2.24) is 5.32 Å². The molecule has 0 bridgehead atoms. The smallest absolute Gasteiger partial charge is 0.306 e. The highest BCUT2D eigenvalue weighted by molar-refractivity contribution is 5.80. The van der Waals surface area contributed by atoms with Crippen LogP contribution in [0.2, 0.25) is 0 Å². The van der Waals surface area contributed by atoms with Crippen LogP contribution in [0.3, 0.4) is 0 Å². The highest BCUT2D eigenvalue weighted by Crippen LogP contribution is 2.29. The molecular formula is C15H27NO3.